The first kappa shape index (κ1) is 17.2. The maximum atomic E-state index is 9.14. The molecule has 2 N–H and O–H groups in total. The molecule has 0 fully saturated rings. The van der Waals surface area contributed by atoms with E-state index in [2.05, 4.69) is 39.9 Å². The van der Waals surface area contributed by atoms with Gasteiger partial charge in [-0.2, -0.15) is 5.26 Å². The minimum Gasteiger partial charge on any atom is -0.544 e. The molecule has 4 nitrogen and oxygen atoms in total. The zero-order valence-corrected chi connectivity index (χ0v) is 15.8. The van der Waals surface area contributed by atoms with Gasteiger partial charge in [-0.25, -0.2) is 0 Å². The maximum absolute atomic E-state index is 9.14. The molecule has 23 heavy (non-hydrogen) atoms. The highest BCUT2D eigenvalue weighted by Crippen LogP contribution is 2.38. The summed E-state index contributed by atoms with van der Waals surface area (Å²) in [6.45, 7) is 11.1. The summed E-state index contributed by atoms with van der Waals surface area (Å²) >= 11 is 0. The number of hydrogen-bond acceptors (Lipinski definition) is 3. The summed E-state index contributed by atoms with van der Waals surface area (Å²) in [5, 5.41) is 9.31. The normalized spacial score (nSPS) is 12.0. The van der Waals surface area contributed by atoms with E-state index in [1.807, 2.05) is 37.5 Å². The van der Waals surface area contributed by atoms with Gasteiger partial charge in [0.1, 0.15) is 17.5 Å². The highest BCUT2D eigenvalue weighted by Gasteiger charge is 2.38. The van der Waals surface area contributed by atoms with E-state index in [1.54, 1.807) is 4.57 Å². The molecule has 0 aliphatic rings. The molecule has 0 spiro atoms. The third kappa shape index (κ3) is 3.27. The summed E-state index contributed by atoms with van der Waals surface area (Å²) in [7, 11) is -0.00906. The first-order valence-corrected chi connectivity index (χ1v) is 10.6. The van der Waals surface area contributed by atoms with Gasteiger partial charge in [-0.15, -0.1) is 0 Å². The molecule has 0 saturated carbocycles. The zero-order chi connectivity index (χ0) is 17.4. The van der Waals surface area contributed by atoms with Gasteiger partial charge in [0.25, 0.3) is 0 Å². The molecule has 0 bridgehead atoms. The van der Waals surface area contributed by atoms with Gasteiger partial charge in [0.05, 0.1) is 5.69 Å². The molecule has 5 heteroatoms. The van der Waals surface area contributed by atoms with E-state index < -0.39 is 8.32 Å². The van der Waals surface area contributed by atoms with Crippen molar-refractivity contribution in [2.75, 3.05) is 5.73 Å². The largest absolute Gasteiger partial charge is 0.544 e. The highest BCUT2D eigenvalue weighted by atomic mass is 28.4. The van der Waals surface area contributed by atoms with Gasteiger partial charge in [0.15, 0.2) is 0 Å². The number of anilines is 1. The molecule has 2 rings (SSSR count). The Kier molecular flexibility index (Phi) is 4.32. The topological polar surface area (TPSA) is 64.0 Å². The van der Waals surface area contributed by atoms with Gasteiger partial charge in [0, 0.05) is 18.8 Å². The van der Waals surface area contributed by atoms with E-state index in [1.165, 1.54) is 0 Å². The molecule has 0 unspecified atom stereocenters. The van der Waals surface area contributed by atoms with Crippen molar-refractivity contribution in [1.29, 1.82) is 5.26 Å². The minimum atomic E-state index is -1.84. The Morgan fingerprint density at radius 2 is 1.74 bits per heavy atom. The maximum Gasteiger partial charge on any atom is 0.250 e. The van der Waals surface area contributed by atoms with Crippen molar-refractivity contribution in [2.45, 2.75) is 38.9 Å². The van der Waals surface area contributed by atoms with Crippen LogP contribution in [0.4, 0.5) is 5.69 Å². The first-order valence-electron chi connectivity index (χ1n) is 7.71. The lowest BCUT2D eigenvalue weighted by atomic mass is 10.1. The van der Waals surface area contributed by atoms with Gasteiger partial charge >= 0.3 is 0 Å². The summed E-state index contributed by atoms with van der Waals surface area (Å²) in [5.74, 6) is 0.885. The lowest BCUT2D eigenvalue weighted by molar-refractivity contribution is 0.492. The molecule has 122 valence electrons. The van der Waals surface area contributed by atoms with Crippen molar-refractivity contribution in [3.05, 3.63) is 36.2 Å². The van der Waals surface area contributed by atoms with Crippen molar-refractivity contribution in [1.82, 2.24) is 4.57 Å². The molecule has 2 aromatic rings. The van der Waals surface area contributed by atoms with Crippen molar-refractivity contribution < 1.29 is 4.43 Å². The number of aromatic nitrogens is 1. The summed E-state index contributed by atoms with van der Waals surface area (Å²) in [5.41, 5.74) is 8.95. The molecule has 0 atom stereocenters. The Morgan fingerprint density at radius 1 is 1.17 bits per heavy atom. The molecule has 0 saturated heterocycles. The lowest BCUT2D eigenvalue weighted by Crippen LogP contribution is -2.43. The van der Waals surface area contributed by atoms with Crippen LogP contribution >= 0.6 is 0 Å². The summed E-state index contributed by atoms with van der Waals surface area (Å²) in [6, 6.07) is 10.1. The van der Waals surface area contributed by atoms with Crippen LogP contribution in [-0.2, 0) is 7.05 Å². The molecule has 0 aliphatic heterocycles. The van der Waals surface area contributed by atoms with Gasteiger partial charge in [-0.05, 0) is 35.8 Å². The Bertz CT molecular complexity index is 746. The van der Waals surface area contributed by atoms with Crippen LogP contribution < -0.4 is 10.2 Å². The molecule has 0 radical (unpaired) electrons. The van der Waals surface area contributed by atoms with Crippen molar-refractivity contribution in [3.63, 3.8) is 0 Å². The number of benzene rings is 1. The lowest BCUT2D eigenvalue weighted by Gasteiger charge is -2.36. The van der Waals surface area contributed by atoms with E-state index in [0.29, 0.717) is 11.4 Å². The third-order valence-corrected chi connectivity index (χ3v) is 9.03. The highest BCUT2D eigenvalue weighted by molar-refractivity contribution is 6.74. The Morgan fingerprint density at radius 3 is 2.17 bits per heavy atom. The molecular formula is C18H25N3OSi. The number of aryl methyl sites for hydroxylation is 1. The number of nitrogens with two attached hydrogens (primary N) is 1. The fourth-order valence-electron chi connectivity index (χ4n) is 2.16. The van der Waals surface area contributed by atoms with Gasteiger partial charge < -0.3 is 14.7 Å². The monoisotopic (exact) mass is 327 g/mol. The Labute approximate surface area is 139 Å². The van der Waals surface area contributed by atoms with Crippen molar-refractivity contribution >= 4 is 14.0 Å². The average Bonchev–Trinajstić information content (AvgIpc) is 2.72. The second-order valence-electron chi connectivity index (χ2n) is 7.41. The van der Waals surface area contributed by atoms with Gasteiger partial charge in [0.2, 0.25) is 8.32 Å². The SMILES string of the molecule is Cn1cc(-c2ccc(O[Si](C)(C)C(C)(C)C)cc2)c(N)c1C#N. The summed E-state index contributed by atoms with van der Waals surface area (Å²) < 4.78 is 8.04. The fraction of sp³-hybridized carbons (Fsp3) is 0.389. The van der Waals surface area contributed by atoms with Crippen LogP contribution in [0.1, 0.15) is 26.5 Å². The summed E-state index contributed by atoms with van der Waals surface area (Å²) in [6.07, 6.45) is 1.89. The standard InChI is InChI=1S/C18H25N3OSi/c1-18(2,3)23(5,6)22-14-9-7-13(8-10-14)15-12-21(4)16(11-19)17(15)20/h7-10,12H,20H2,1-6H3. The van der Waals surface area contributed by atoms with Crippen molar-refractivity contribution in [2.24, 2.45) is 7.05 Å². The number of rotatable bonds is 3. The van der Waals surface area contributed by atoms with Crippen LogP contribution in [0.5, 0.6) is 5.75 Å². The summed E-state index contributed by atoms with van der Waals surface area (Å²) in [4.78, 5) is 0. The second kappa shape index (κ2) is 5.78. The molecular weight excluding hydrogens is 302 g/mol. The van der Waals surface area contributed by atoms with Gasteiger partial charge in [-0.3, -0.25) is 0 Å². The van der Waals surface area contributed by atoms with E-state index in [-0.39, 0.29) is 5.04 Å². The second-order valence-corrected chi connectivity index (χ2v) is 12.1. The molecule has 1 aromatic carbocycles. The smallest absolute Gasteiger partial charge is 0.250 e. The number of hydrogen-bond donors (Lipinski definition) is 1. The van der Waals surface area contributed by atoms with Crippen LogP contribution in [0.15, 0.2) is 30.5 Å². The number of nitriles is 1. The van der Waals surface area contributed by atoms with E-state index in [9.17, 15) is 0 Å². The Balaban J connectivity index is 2.29. The number of nitrogens with zero attached hydrogens (tertiary/aromatic N) is 2. The molecule has 0 amide bonds. The predicted octanol–water partition coefficient (Wildman–Crippen LogP) is 4.53. The van der Waals surface area contributed by atoms with E-state index >= 15 is 0 Å². The minimum absolute atomic E-state index is 0.164. The quantitative estimate of drug-likeness (QED) is 0.842. The van der Waals surface area contributed by atoms with Crippen LogP contribution in [0, 0.1) is 11.3 Å². The van der Waals surface area contributed by atoms with Gasteiger partial charge in [-0.1, -0.05) is 32.9 Å². The van der Waals surface area contributed by atoms with Crippen LogP contribution in [0.25, 0.3) is 11.1 Å². The zero-order valence-electron chi connectivity index (χ0n) is 14.8. The van der Waals surface area contributed by atoms with Crippen LogP contribution in [0.3, 0.4) is 0 Å². The van der Waals surface area contributed by atoms with Crippen LogP contribution in [-0.4, -0.2) is 12.9 Å². The molecule has 1 aromatic heterocycles. The van der Waals surface area contributed by atoms with Crippen LogP contribution in [0.2, 0.25) is 18.1 Å². The van der Waals surface area contributed by atoms with E-state index in [4.69, 9.17) is 15.4 Å². The fourth-order valence-corrected chi connectivity index (χ4v) is 3.20. The number of nitrogen functional groups attached to an aromatic ring is 1. The van der Waals surface area contributed by atoms with Crippen molar-refractivity contribution in [3.8, 4) is 22.9 Å². The molecule has 0 aliphatic carbocycles. The third-order valence-electron chi connectivity index (χ3n) is 4.67. The predicted molar refractivity (Wildman–Crippen MR) is 97.8 cm³/mol. The van der Waals surface area contributed by atoms with E-state index in [0.717, 1.165) is 16.9 Å². The molecule has 1 heterocycles. The Hall–Kier alpha value is -2.19. The average molecular weight is 328 g/mol. The first-order chi connectivity index (χ1) is 10.6.